The number of Topliss-reactive ketones (excluding diaryl/α,β-unsaturated/α-hetero) is 1. The highest BCUT2D eigenvalue weighted by atomic mass is 35.5. The molecule has 0 heterocycles. The molecule has 0 aliphatic heterocycles. The van der Waals surface area contributed by atoms with Crippen LogP contribution in [0, 0.1) is 0 Å². The first-order chi connectivity index (χ1) is 18.8. The van der Waals surface area contributed by atoms with Gasteiger partial charge in [-0.05, 0) is 72.2 Å². The molecular weight excluding hydrogens is 537 g/mol. The monoisotopic (exact) mass is 567 g/mol. The highest BCUT2D eigenvalue weighted by molar-refractivity contribution is 6.40. The molecule has 3 aromatic carbocycles. The van der Waals surface area contributed by atoms with Crippen molar-refractivity contribution in [1.82, 2.24) is 10.6 Å². The van der Waals surface area contributed by atoms with Gasteiger partial charge in [-0.1, -0.05) is 59.6 Å². The smallest absolute Gasteiger partial charge is 0.328 e. The molecule has 204 valence electrons. The molecule has 1 unspecified atom stereocenters. The zero-order valence-corrected chi connectivity index (χ0v) is 23.1. The fourth-order valence-electron chi connectivity index (χ4n) is 4.87. The summed E-state index contributed by atoms with van der Waals surface area (Å²) in [6, 6.07) is 17.7. The zero-order valence-electron chi connectivity index (χ0n) is 21.6. The lowest BCUT2D eigenvalue weighted by Gasteiger charge is -2.26. The van der Waals surface area contributed by atoms with Gasteiger partial charge in [0.1, 0.15) is 11.8 Å². The number of nitrogens with two attached hydrogens (primary N) is 1. The van der Waals surface area contributed by atoms with E-state index < -0.39 is 17.9 Å². The van der Waals surface area contributed by atoms with Crippen LogP contribution in [0.4, 0.5) is 5.69 Å². The van der Waals surface area contributed by atoms with Crippen LogP contribution in [0.3, 0.4) is 0 Å². The number of nitrogen functional groups attached to an aromatic ring is 1. The first-order valence-corrected chi connectivity index (χ1v) is 13.6. The molecule has 39 heavy (non-hydrogen) atoms. The highest BCUT2D eigenvalue weighted by Crippen LogP contribution is 2.32. The van der Waals surface area contributed by atoms with Crippen molar-refractivity contribution in [2.45, 2.75) is 44.2 Å². The minimum atomic E-state index is -1.04. The number of anilines is 1. The number of carbonyl (C=O) groups is 3. The van der Waals surface area contributed by atoms with E-state index in [-0.39, 0.29) is 46.8 Å². The van der Waals surface area contributed by atoms with Crippen LogP contribution < -0.4 is 16.4 Å². The van der Waals surface area contributed by atoms with Crippen LogP contribution in [0.2, 0.25) is 10.0 Å². The van der Waals surface area contributed by atoms with Crippen molar-refractivity contribution in [1.29, 1.82) is 0 Å². The van der Waals surface area contributed by atoms with Gasteiger partial charge in [-0.2, -0.15) is 0 Å². The Hall–Kier alpha value is -3.39. The maximum atomic E-state index is 13.1. The normalized spacial score (nSPS) is 15.2. The fraction of sp³-hybridized carbons (Fsp3) is 0.300. The van der Waals surface area contributed by atoms with Gasteiger partial charge >= 0.3 is 5.97 Å². The Morgan fingerprint density at radius 1 is 1.03 bits per heavy atom. The third-order valence-corrected chi connectivity index (χ3v) is 7.51. The summed E-state index contributed by atoms with van der Waals surface area (Å²) in [7, 11) is 1.23. The van der Waals surface area contributed by atoms with E-state index in [1.807, 2.05) is 48.5 Å². The molecular formula is C30H31Cl2N3O4. The Labute approximate surface area is 238 Å². The van der Waals surface area contributed by atoms with Crippen molar-refractivity contribution >= 4 is 46.5 Å². The van der Waals surface area contributed by atoms with E-state index in [4.69, 9.17) is 33.7 Å². The number of rotatable bonds is 10. The van der Waals surface area contributed by atoms with Crippen LogP contribution in [0.25, 0.3) is 11.1 Å². The van der Waals surface area contributed by atoms with E-state index in [0.29, 0.717) is 5.69 Å². The van der Waals surface area contributed by atoms with Crippen LogP contribution in [-0.2, 0) is 20.7 Å². The molecule has 3 aromatic rings. The number of methoxy groups -OCH3 is 1. The molecule has 9 heteroatoms. The maximum Gasteiger partial charge on any atom is 0.328 e. The van der Waals surface area contributed by atoms with Gasteiger partial charge in [0.15, 0.2) is 0 Å². The molecule has 0 radical (unpaired) electrons. The van der Waals surface area contributed by atoms with Gasteiger partial charge < -0.3 is 21.1 Å². The van der Waals surface area contributed by atoms with Crippen molar-refractivity contribution < 1.29 is 19.1 Å². The number of amides is 1. The summed E-state index contributed by atoms with van der Waals surface area (Å²) in [5.74, 6) is -1.37. The van der Waals surface area contributed by atoms with Gasteiger partial charge in [0.05, 0.1) is 29.3 Å². The number of esters is 1. The van der Waals surface area contributed by atoms with Crippen molar-refractivity contribution in [3.05, 3.63) is 87.4 Å². The Morgan fingerprint density at radius 3 is 2.44 bits per heavy atom. The van der Waals surface area contributed by atoms with Crippen LogP contribution in [0.5, 0.6) is 0 Å². The van der Waals surface area contributed by atoms with Crippen LogP contribution in [0.1, 0.15) is 53.2 Å². The number of hydrogen-bond donors (Lipinski definition) is 3. The van der Waals surface area contributed by atoms with Gasteiger partial charge in [0, 0.05) is 18.2 Å². The molecule has 4 rings (SSSR count). The Kier molecular flexibility index (Phi) is 9.62. The third kappa shape index (κ3) is 7.18. The Balaban J connectivity index is 1.37. The van der Waals surface area contributed by atoms with E-state index in [9.17, 15) is 14.4 Å². The Morgan fingerprint density at radius 2 is 1.74 bits per heavy atom. The number of halogens is 2. The predicted molar refractivity (Wildman–Crippen MR) is 154 cm³/mol. The summed E-state index contributed by atoms with van der Waals surface area (Å²) in [6.07, 6.45) is 3.07. The number of carbonyl (C=O) groups excluding carboxylic acids is 3. The van der Waals surface area contributed by atoms with Gasteiger partial charge in [-0.15, -0.1) is 0 Å². The summed E-state index contributed by atoms with van der Waals surface area (Å²) >= 11 is 12.9. The number of ether oxygens (including phenoxy) is 1. The number of hydrogen-bond acceptors (Lipinski definition) is 6. The summed E-state index contributed by atoms with van der Waals surface area (Å²) in [4.78, 5) is 38.2. The lowest BCUT2D eigenvalue weighted by Crippen LogP contribution is -2.42. The average Bonchev–Trinajstić information content (AvgIpc) is 2.93. The lowest BCUT2D eigenvalue weighted by molar-refractivity contribution is -0.143. The van der Waals surface area contributed by atoms with E-state index in [1.165, 1.54) is 12.7 Å². The topological polar surface area (TPSA) is 111 Å². The molecule has 0 saturated heterocycles. The van der Waals surface area contributed by atoms with Gasteiger partial charge in [0.25, 0.3) is 5.91 Å². The SMILES string of the molecule is COC(=O)[C@H](CCC(=O)CNC1CCCc2ccc(N)cc21)NC(=O)c1c(Cl)cc(-c2ccccc2)cc1Cl. The molecule has 4 N–H and O–H groups in total. The van der Waals surface area contributed by atoms with E-state index in [0.717, 1.165) is 36.0 Å². The average molecular weight is 569 g/mol. The lowest BCUT2D eigenvalue weighted by atomic mass is 9.87. The minimum absolute atomic E-state index is 0.0421. The molecule has 0 bridgehead atoms. The van der Waals surface area contributed by atoms with Crippen molar-refractivity contribution in [2.75, 3.05) is 19.4 Å². The summed E-state index contributed by atoms with van der Waals surface area (Å²) in [6.45, 7) is 0.138. The standard InChI is InChI=1S/C30H31Cl2N3O4/c1-39-30(38)27(13-12-22(36)17-34-26-9-5-8-19-10-11-21(33)16-23(19)26)35-29(37)28-24(31)14-20(15-25(28)32)18-6-3-2-4-7-18/h2-4,6-7,10-11,14-16,26-27,34H,5,8-9,12-13,17,33H2,1H3,(H,35,37)/t26?,27-/m0/s1. The van der Waals surface area contributed by atoms with E-state index >= 15 is 0 Å². The second kappa shape index (κ2) is 13.1. The van der Waals surface area contributed by atoms with Crippen LogP contribution in [-0.4, -0.2) is 37.4 Å². The second-order valence-electron chi connectivity index (χ2n) is 9.59. The third-order valence-electron chi connectivity index (χ3n) is 6.91. The van der Waals surface area contributed by atoms with Gasteiger partial charge in [0.2, 0.25) is 0 Å². The number of aryl methyl sites for hydroxylation is 1. The first kappa shape index (κ1) is 28.6. The van der Waals surface area contributed by atoms with Crippen molar-refractivity contribution in [2.24, 2.45) is 0 Å². The van der Waals surface area contributed by atoms with Gasteiger partial charge in [-0.3, -0.25) is 9.59 Å². The number of ketones is 1. The molecule has 1 amide bonds. The molecule has 1 aliphatic carbocycles. The zero-order chi connectivity index (χ0) is 27.9. The number of fused-ring (bicyclic) bond motifs is 1. The number of benzene rings is 3. The molecule has 2 atom stereocenters. The molecule has 0 fully saturated rings. The van der Waals surface area contributed by atoms with Crippen molar-refractivity contribution in [3.63, 3.8) is 0 Å². The maximum absolute atomic E-state index is 13.1. The minimum Gasteiger partial charge on any atom is -0.467 e. The first-order valence-electron chi connectivity index (χ1n) is 12.8. The quantitative estimate of drug-likeness (QED) is 0.219. The molecule has 0 spiro atoms. The molecule has 1 aliphatic rings. The predicted octanol–water partition coefficient (Wildman–Crippen LogP) is 5.53. The van der Waals surface area contributed by atoms with Crippen LogP contribution >= 0.6 is 23.2 Å². The molecule has 7 nitrogen and oxygen atoms in total. The summed E-state index contributed by atoms with van der Waals surface area (Å²) in [5, 5.41) is 6.26. The van der Waals surface area contributed by atoms with Crippen LogP contribution in [0.15, 0.2) is 60.7 Å². The van der Waals surface area contributed by atoms with E-state index in [1.54, 1.807) is 12.1 Å². The largest absolute Gasteiger partial charge is 0.467 e. The highest BCUT2D eigenvalue weighted by Gasteiger charge is 2.26. The molecule has 0 aromatic heterocycles. The fourth-order valence-corrected chi connectivity index (χ4v) is 5.53. The molecule has 0 saturated carbocycles. The summed E-state index contributed by atoms with van der Waals surface area (Å²) in [5.41, 5.74) is 10.7. The Bertz CT molecular complexity index is 1340. The van der Waals surface area contributed by atoms with Crippen molar-refractivity contribution in [3.8, 4) is 11.1 Å². The van der Waals surface area contributed by atoms with Gasteiger partial charge in [-0.25, -0.2) is 4.79 Å². The number of nitrogens with one attached hydrogen (secondary N) is 2. The summed E-state index contributed by atoms with van der Waals surface area (Å²) < 4.78 is 4.87. The second-order valence-corrected chi connectivity index (χ2v) is 10.4. The van der Waals surface area contributed by atoms with E-state index in [2.05, 4.69) is 10.6 Å².